The molecule has 0 aromatic heterocycles. The van der Waals surface area contributed by atoms with E-state index in [1.54, 1.807) is 0 Å². The maximum atomic E-state index is 3.92. The third-order valence-corrected chi connectivity index (χ3v) is 3.67. The Balaban J connectivity index is 2.65. The highest BCUT2D eigenvalue weighted by atomic mass is 14.2. The van der Waals surface area contributed by atoms with E-state index in [-0.39, 0.29) is 0 Å². The fourth-order valence-electron chi connectivity index (χ4n) is 2.75. The van der Waals surface area contributed by atoms with E-state index in [1.807, 2.05) is 24.3 Å². The molecule has 2 rings (SSSR count). The van der Waals surface area contributed by atoms with E-state index < -0.39 is 0 Å². The minimum atomic E-state index is 0.873. The maximum Gasteiger partial charge on any atom is -0.00910 e. The van der Waals surface area contributed by atoms with Crippen LogP contribution in [-0.2, 0) is 19.3 Å². The molecule has 0 heteroatoms. The molecule has 0 nitrogen and oxygen atoms in total. The van der Waals surface area contributed by atoms with Gasteiger partial charge in [-0.05, 0) is 47.1 Å². The summed E-state index contributed by atoms with van der Waals surface area (Å²) >= 11 is 0. The third kappa shape index (κ3) is 3.41. The Kier molecular flexibility index (Phi) is 5.34. The van der Waals surface area contributed by atoms with Gasteiger partial charge < -0.3 is 0 Å². The summed E-state index contributed by atoms with van der Waals surface area (Å²) in [6.45, 7) is 11.7. The van der Waals surface area contributed by atoms with Gasteiger partial charge in [-0.2, -0.15) is 0 Å². The van der Waals surface area contributed by atoms with Crippen LogP contribution in [0, 0.1) is 0 Å². The summed E-state index contributed by atoms with van der Waals surface area (Å²) in [6.07, 6.45) is 8.56. The van der Waals surface area contributed by atoms with Crippen molar-refractivity contribution in [3.05, 3.63) is 97.1 Å². The molecule has 0 saturated heterocycles. The van der Waals surface area contributed by atoms with Crippen LogP contribution in [0.2, 0.25) is 0 Å². The van der Waals surface area contributed by atoms with Gasteiger partial charge in [-0.1, -0.05) is 60.7 Å². The zero-order valence-electron chi connectivity index (χ0n) is 12.5. The minimum absolute atomic E-state index is 0.873. The number of benzene rings is 2. The van der Waals surface area contributed by atoms with Gasteiger partial charge in [0.05, 0.1) is 0 Å². The topological polar surface area (TPSA) is 0 Å². The summed E-state index contributed by atoms with van der Waals surface area (Å²) < 4.78 is 0. The molecule has 2 aromatic carbocycles. The van der Waals surface area contributed by atoms with Crippen LogP contribution in [0.4, 0.5) is 0 Å². The summed E-state index contributed by atoms with van der Waals surface area (Å²) in [7, 11) is 0. The van der Waals surface area contributed by atoms with Gasteiger partial charge in [0.1, 0.15) is 0 Å². The highest BCUT2D eigenvalue weighted by Crippen LogP contribution is 2.30. The SMILES string of the molecule is C=CCc1ccc(-c2ccccc2)c(CC=C)c1CC=C. The molecule has 0 aliphatic heterocycles. The largest absolute Gasteiger partial charge is 0.103 e. The monoisotopic (exact) mass is 274 g/mol. The second kappa shape index (κ2) is 7.44. The molecular weight excluding hydrogens is 252 g/mol. The van der Waals surface area contributed by atoms with Crippen molar-refractivity contribution in [1.82, 2.24) is 0 Å². The van der Waals surface area contributed by atoms with Crippen molar-refractivity contribution < 1.29 is 0 Å². The van der Waals surface area contributed by atoms with Crippen molar-refractivity contribution in [2.45, 2.75) is 19.3 Å². The second-order valence-electron chi connectivity index (χ2n) is 5.07. The summed E-state index contributed by atoms with van der Waals surface area (Å²) in [6, 6.07) is 15.0. The second-order valence-corrected chi connectivity index (χ2v) is 5.07. The molecule has 2 aromatic rings. The molecule has 0 atom stereocenters. The van der Waals surface area contributed by atoms with Crippen LogP contribution in [0.15, 0.2) is 80.4 Å². The molecule has 21 heavy (non-hydrogen) atoms. The molecule has 0 unspecified atom stereocenters. The summed E-state index contributed by atoms with van der Waals surface area (Å²) in [5.74, 6) is 0. The van der Waals surface area contributed by atoms with Gasteiger partial charge in [-0.15, -0.1) is 19.7 Å². The molecule has 0 fully saturated rings. The number of rotatable bonds is 7. The Hall–Kier alpha value is -2.34. The lowest BCUT2D eigenvalue weighted by Gasteiger charge is -2.17. The molecular formula is C21H22. The highest BCUT2D eigenvalue weighted by molar-refractivity contribution is 5.70. The first-order valence-corrected chi connectivity index (χ1v) is 7.33. The van der Waals surface area contributed by atoms with Crippen LogP contribution < -0.4 is 0 Å². The summed E-state index contributed by atoms with van der Waals surface area (Å²) in [4.78, 5) is 0. The van der Waals surface area contributed by atoms with Crippen LogP contribution in [-0.4, -0.2) is 0 Å². The van der Waals surface area contributed by atoms with Crippen molar-refractivity contribution in [3.8, 4) is 11.1 Å². The molecule has 0 aliphatic rings. The normalized spacial score (nSPS) is 10.1. The van der Waals surface area contributed by atoms with Crippen molar-refractivity contribution in [2.24, 2.45) is 0 Å². The van der Waals surface area contributed by atoms with E-state index >= 15 is 0 Å². The number of hydrogen-bond donors (Lipinski definition) is 0. The molecule has 0 N–H and O–H groups in total. The van der Waals surface area contributed by atoms with Crippen molar-refractivity contribution in [2.75, 3.05) is 0 Å². The van der Waals surface area contributed by atoms with Gasteiger partial charge in [0.2, 0.25) is 0 Å². The Morgan fingerprint density at radius 3 is 1.90 bits per heavy atom. The van der Waals surface area contributed by atoms with E-state index in [9.17, 15) is 0 Å². The molecule has 0 saturated carbocycles. The fraction of sp³-hybridized carbons (Fsp3) is 0.143. The first kappa shape index (κ1) is 15.1. The van der Waals surface area contributed by atoms with Gasteiger partial charge in [-0.25, -0.2) is 0 Å². The van der Waals surface area contributed by atoms with Gasteiger partial charge in [0.25, 0.3) is 0 Å². The fourth-order valence-corrected chi connectivity index (χ4v) is 2.75. The average molecular weight is 274 g/mol. The molecule has 0 amide bonds. The van der Waals surface area contributed by atoms with Crippen LogP contribution in [0.3, 0.4) is 0 Å². The smallest absolute Gasteiger partial charge is 0.00910 e. The molecule has 0 heterocycles. The van der Waals surface area contributed by atoms with E-state index in [0.717, 1.165) is 19.3 Å². The zero-order valence-corrected chi connectivity index (χ0v) is 12.5. The lowest BCUT2D eigenvalue weighted by atomic mass is 9.87. The van der Waals surface area contributed by atoms with Crippen LogP contribution in [0.25, 0.3) is 11.1 Å². The van der Waals surface area contributed by atoms with E-state index in [2.05, 4.69) is 56.1 Å². The predicted molar refractivity (Wildman–Crippen MR) is 93.6 cm³/mol. The van der Waals surface area contributed by atoms with Gasteiger partial charge in [0.15, 0.2) is 0 Å². The summed E-state index contributed by atoms with van der Waals surface area (Å²) in [5, 5.41) is 0. The Morgan fingerprint density at radius 1 is 0.667 bits per heavy atom. The number of allylic oxidation sites excluding steroid dienone is 3. The molecule has 106 valence electrons. The highest BCUT2D eigenvalue weighted by Gasteiger charge is 2.12. The maximum absolute atomic E-state index is 3.92. The number of hydrogen-bond acceptors (Lipinski definition) is 0. The molecule has 0 aliphatic carbocycles. The summed E-state index contributed by atoms with van der Waals surface area (Å²) in [5.41, 5.74) is 6.60. The van der Waals surface area contributed by atoms with Crippen molar-refractivity contribution in [3.63, 3.8) is 0 Å². The van der Waals surface area contributed by atoms with Crippen LogP contribution in [0.1, 0.15) is 16.7 Å². The Morgan fingerprint density at radius 2 is 1.29 bits per heavy atom. The Labute approximate surface area is 128 Å². The first-order chi connectivity index (χ1) is 10.3. The molecule has 0 radical (unpaired) electrons. The lowest BCUT2D eigenvalue weighted by Crippen LogP contribution is -2.01. The van der Waals surface area contributed by atoms with E-state index in [4.69, 9.17) is 0 Å². The molecule has 0 spiro atoms. The Bertz CT molecular complexity index is 633. The van der Waals surface area contributed by atoms with Crippen LogP contribution in [0.5, 0.6) is 0 Å². The predicted octanol–water partition coefficient (Wildman–Crippen LogP) is 5.54. The minimum Gasteiger partial charge on any atom is -0.103 e. The quantitative estimate of drug-likeness (QED) is 0.582. The zero-order chi connectivity index (χ0) is 15.1. The third-order valence-electron chi connectivity index (χ3n) is 3.67. The standard InChI is InChI=1S/C21H22/c1-4-10-17-15-16-20(18-13-8-7-9-14-18)21(12-6-3)19(17)11-5-2/h4-9,13-16H,1-3,10-12H2. The van der Waals surface area contributed by atoms with Crippen LogP contribution >= 0.6 is 0 Å². The average Bonchev–Trinajstić information content (AvgIpc) is 2.52. The molecule has 0 bridgehead atoms. The van der Waals surface area contributed by atoms with Gasteiger partial charge >= 0.3 is 0 Å². The van der Waals surface area contributed by atoms with E-state index in [0.29, 0.717) is 0 Å². The van der Waals surface area contributed by atoms with Gasteiger partial charge in [0, 0.05) is 0 Å². The lowest BCUT2D eigenvalue weighted by molar-refractivity contribution is 1.09. The van der Waals surface area contributed by atoms with E-state index in [1.165, 1.54) is 27.8 Å². The van der Waals surface area contributed by atoms with Crippen molar-refractivity contribution >= 4 is 0 Å². The van der Waals surface area contributed by atoms with Gasteiger partial charge in [-0.3, -0.25) is 0 Å². The van der Waals surface area contributed by atoms with Crippen molar-refractivity contribution in [1.29, 1.82) is 0 Å². The first-order valence-electron chi connectivity index (χ1n) is 7.33.